The van der Waals surface area contributed by atoms with Crippen molar-refractivity contribution in [3.8, 4) is 11.5 Å². The van der Waals surface area contributed by atoms with Crippen LogP contribution >= 0.6 is 0 Å². The SMILES string of the molecule is CC(=O)NCCC(=O)N1CCC[C@@H](N2CCN(Cc3ccc4c(c3)OCO4)CC2)C1. The van der Waals surface area contributed by atoms with Gasteiger partial charge < -0.3 is 19.7 Å². The number of benzene rings is 1. The van der Waals surface area contributed by atoms with Gasteiger partial charge in [0.15, 0.2) is 11.5 Å². The van der Waals surface area contributed by atoms with Crippen LogP contribution in [0.4, 0.5) is 0 Å². The van der Waals surface area contributed by atoms with Gasteiger partial charge in [-0.2, -0.15) is 0 Å². The molecule has 3 aliphatic rings. The molecule has 4 rings (SSSR count). The van der Waals surface area contributed by atoms with Crippen LogP contribution in [0.1, 0.15) is 31.7 Å². The molecule has 1 atom stereocenters. The summed E-state index contributed by atoms with van der Waals surface area (Å²) in [7, 11) is 0. The van der Waals surface area contributed by atoms with E-state index < -0.39 is 0 Å². The third-order valence-corrected chi connectivity index (χ3v) is 6.23. The van der Waals surface area contributed by atoms with Crippen LogP contribution in [-0.2, 0) is 16.1 Å². The van der Waals surface area contributed by atoms with Crippen molar-refractivity contribution in [1.82, 2.24) is 20.0 Å². The molecule has 0 spiro atoms. The average molecular weight is 417 g/mol. The Morgan fingerprint density at radius 1 is 1.10 bits per heavy atom. The van der Waals surface area contributed by atoms with Crippen LogP contribution in [0.2, 0.25) is 0 Å². The molecule has 0 radical (unpaired) electrons. The van der Waals surface area contributed by atoms with Crippen LogP contribution in [0.15, 0.2) is 18.2 Å². The number of rotatable bonds is 6. The fourth-order valence-corrected chi connectivity index (χ4v) is 4.57. The third kappa shape index (κ3) is 5.23. The second kappa shape index (κ2) is 9.66. The lowest BCUT2D eigenvalue weighted by atomic mass is 10.0. The van der Waals surface area contributed by atoms with E-state index in [4.69, 9.17) is 9.47 Å². The molecule has 2 fully saturated rings. The first kappa shape index (κ1) is 20.9. The van der Waals surface area contributed by atoms with E-state index in [-0.39, 0.29) is 11.8 Å². The number of likely N-dealkylation sites (tertiary alicyclic amines) is 1. The smallest absolute Gasteiger partial charge is 0.231 e. The molecule has 1 aromatic rings. The number of piperazine rings is 1. The fraction of sp³-hybridized carbons (Fsp3) is 0.636. The standard InChI is InChI=1S/C22H32N4O4/c1-17(27)23-7-6-22(28)26-8-2-3-19(15-26)25-11-9-24(10-12-25)14-18-4-5-20-21(13-18)30-16-29-20/h4-5,13,19H,2-3,6-12,14-16H2,1H3,(H,23,27)/t19-/m1/s1. The zero-order valence-corrected chi connectivity index (χ0v) is 17.8. The summed E-state index contributed by atoms with van der Waals surface area (Å²) < 4.78 is 10.9. The highest BCUT2D eigenvalue weighted by molar-refractivity contribution is 5.78. The Morgan fingerprint density at radius 2 is 1.90 bits per heavy atom. The number of piperidine rings is 1. The number of amides is 2. The molecule has 2 amide bonds. The maximum absolute atomic E-state index is 12.5. The fourth-order valence-electron chi connectivity index (χ4n) is 4.57. The van der Waals surface area contributed by atoms with Crippen LogP contribution in [0.25, 0.3) is 0 Å². The second-order valence-corrected chi connectivity index (χ2v) is 8.37. The molecule has 30 heavy (non-hydrogen) atoms. The first-order valence-corrected chi connectivity index (χ1v) is 11.0. The van der Waals surface area contributed by atoms with E-state index in [1.807, 2.05) is 11.0 Å². The lowest BCUT2D eigenvalue weighted by Crippen LogP contribution is -2.55. The summed E-state index contributed by atoms with van der Waals surface area (Å²) in [6.07, 6.45) is 2.58. The first-order valence-electron chi connectivity index (χ1n) is 11.0. The molecule has 2 saturated heterocycles. The van der Waals surface area contributed by atoms with Gasteiger partial charge in [0.1, 0.15) is 0 Å². The predicted molar refractivity (Wildman–Crippen MR) is 112 cm³/mol. The van der Waals surface area contributed by atoms with E-state index in [9.17, 15) is 9.59 Å². The highest BCUT2D eigenvalue weighted by Gasteiger charge is 2.30. The number of hydrogen-bond acceptors (Lipinski definition) is 6. The minimum atomic E-state index is -0.0852. The van der Waals surface area contributed by atoms with E-state index in [0.717, 1.165) is 70.2 Å². The maximum Gasteiger partial charge on any atom is 0.231 e. The van der Waals surface area contributed by atoms with Crippen molar-refractivity contribution >= 4 is 11.8 Å². The number of fused-ring (bicyclic) bond motifs is 1. The highest BCUT2D eigenvalue weighted by Crippen LogP contribution is 2.33. The third-order valence-electron chi connectivity index (χ3n) is 6.23. The minimum Gasteiger partial charge on any atom is -0.454 e. The topological polar surface area (TPSA) is 74.4 Å². The molecule has 1 aromatic carbocycles. The molecule has 0 bridgehead atoms. The van der Waals surface area contributed by atoms with E-state index >= 15 is 0 Å². The Labute approximate surface area is 178 Å². The summed E-state index contributed by atoms with van der Waals surface area (Å²) in [6.45, 7) is 8.89. The summed E-state index contributed by atoms with van der Waals surface area (Å²) in [5.41, 5.74) is 1.25. The normalized spacial score (nSPS) is 22.2. The highest BCUT2D eigenvalue weighted by atomic mass is 16.7. The number of carbonyl (C=O) groups is 2. The molecule has 0 saturated carbocycles. The van der Waals surface area contributed by atoms with Gasteiger partial charge in [0.05, 0.1) is 0 Å². The lowest BCUT2D eigenvalue weighted by Gasteiger charge is -2.43. The van der Waals surface area contributed by atoms with Crippen molar-refractivity contribution < 1.29 is 19.1 Å². The van der Waals surface area contributed by atoms with Gasteiger partial charge in [-0.3, -0.25) is 19.4 Å². The quantitative estimate of drug-likeness (QED) is 0.747. The summed E-state index contributed by atoms with van der Waals surface area (Å²) in [4.78, 5) is 30.5. The van der Waals surface area contributed by atoms with Crippen LogP contribution in [0, 0.1) is 0 Å². The lowest BCUT2D eigenvalue weighted by molar-refractivity contribution is -0.133. The second-order valence-electron chi connectivity index (χ2n) is 8.37. The van der Waals surface area contributed by atoms with Gasteiger partial charge in [-0.15, -0.1) is 0 Å². The Morgan fingerprint density at radius 3 is 2.70 bits per heavy atom. The molecular formula is C22H32N4O4. The molecule has 3 heterocycles. The van der Waals surface area contributed by atoms with Gasteiger partial charge in [-0.05, 0) is 30.5 Å². The van der Waals surface area contributed by atoms with Gasteiger partial charge in [-0.25, -0.2) is 0 Å². The Bertz CT molecular complexity index is 764. The first-order chi connectivity index (χ1) is 14.6. The number of nitrogens with zero attached hydrogens (tertiary/aromatic N) is 3. The van der Waals surface area contributed by atoms with Crippen LogP contribution in [-0.4, -0.2) is 85.2 Å². The zero-order valence-electron chi connectivity index (χ0n) is 17.8. The van der Waals surface area contributed by atoms with Crippen molar-refractivity contribution in [3.05, 3.63) is 23.8 Å². The molecule has 0 unspecified atom stereocenters. The zero-order chi connectivity index (χ0) is 20.9. The molecule has 0 aromatic heterocycles. The molecule has 1 N–H and O–H groups in total. The molecule has 0 aliphatic carbocycles. The van der Waals surface area contributed by atoms with Gasteiger partial charge in [0.25, 0.3) is 0 Å². The number of nitrogens with one attached hydrogen (secondary N) is 1. The predicted octanol–water partition coefficient (Wildman–Crippen LogP) is 1.05. The Hall–Kier alpha value is -2.32. The van der Waals surface area contributed by atoms with Crippen molar-refractivity contribution in [2.24, 2.45) is 0 Å². The van der Waals surface area contributed by atoms with Gasteiger partial charge >= 0.3 is 0 Å². The van der Waals surface area contributed by atoms with Gasteiger partial charge in [0, 0.05) is 71.7 Å². The summed E-state index contributed by atoms with van der Waals surface area (Å²) in [5, 5.41) is 2.71. The van der Waals surface area contributed by atoms with Crippen molar-refractivity contribution in [3.63, 3.8) is 0 Å². The largest absolute Gasteiger partial charge is 0.454 e. The Kier molecular flexibility index (Phi) is 6.74. The molecule has 164 valence electrons. The number of carbonyl (C=O) groups excluding carboxylic acids is 2. The van der Waals surface area contributed by atoms with E-state index in [1.165, 1.54) is 12.5 Å². The number of ether oxygens (including phenoxy) is 2. The molecule has 8 heteroatoms. The van der Waals surface area contributed by atoms with Crippen molar-refractivity contribution in [2.75, 3.05) is 52.6 Å². The van der Waals surface area contributed by atoms with E-state index in [1.54, 1.807) is 0 Å². The summed E-state index contributed by atoms with van der Waals surface area (Å²) in [5.74, 6) is 1.74. The molecule has 3 aliphatic heterocycles. The average Bonchev–Trinajstić information content (AvgIpc) is 3.22. The van der Waals surface area contributed by atoms with Gasteiger partial charge in [-0.1, -0.05) is 6.07 Å². The van der Waals surface area contributed by atoms with Crippen molar-refractivity contribution in [2.45, 2.75) is 38.8 Å². The number of hydrogen-bond donors (Lipinski definition) is 1. The minimum absolute atomic E-state index is 0.0852. The van der Waals surface area contributed by atoms with Crippen LogP contribution < -0.4 is 14.8 Å². The summed E-state index contributed by atoms with van der Waals surface area (Å²) >= 11 is 0. The van der Waals surface area contributed by atoms with Gasteiger partial charge in [0.2, 0.25) is 18.6 Å². The van der Waals surface area contributed by atoms with E-state index in [0.29, 0.717) is 25.8 Å². The molecule has 8 nitrogen and oxygen atoms in total. The summed E-state index contributed by atoms with van der Waals surface area (Å²) in [6, 6.07) is 6.63. The Balaban J connectivity index is 1.22. The monoisotopic (exact) mass is 416 g/mol. The van der Waals surface area contributed by atoms with E-state index in [2.05, 4.69) is 27.2 Å². The van der Waals surface area contributed by atoms with Crippen LogP contribution in [0.3, 0.4) is 0 Å². The van der Waals surface area contributed by atoms with Crippen LogP contribution in [0.5, 0.6) is 11.5 Å². The maximum atomic E-state index is 12.5. The van der Waals surface area contributed by atoms with Crippen molar-refractivity contribution in [1.29, 1.82) is 0 Å². The molecular weight excluding hydrogens is 384 g/mol.